The Hall–Kier alpha value is 0.960. The van der Waals surface area contributed by atoms with Crippen molar-refractivity contribution in [2.45, 2.75) is 117 Å². The van der Waals surface area contributed by atoms with E-state index in [4.69, 9.17) is 0 Å². The number of hydrogen-bond acceptors (Lipinski definition) is 1. The number of nitrogens with one attached hydrogen (secondary N) is 1. The third-order valence-corrected chi connectivity index (χ3v) is 4.46. The maximum Gasteiger partial charge on any atom is 1.00 e. The zero-order valence-electron chi connectivity index (χ0n) is 17.2. The summed E-state index contributed by atoms with van der Waals surface area (Å²) in [7, 11) is 0. The van der Waals surface area contributed by atoms with Crippen LogP contribution in [0.3, 0.4) is 0 Å². The maximum atomic E-state index is 3.40. The largest absolute Gasteiger partial charge is 1.00 e. The Morgan fingerprint density at radius 2 is 0.818 bits per heavy atom. The molecule has 0 atom stereocenters. The van der Waals surface area contributed by atoms with Crippen molar-refractivity contribution in [3.63, 3.8) is 0 Å². The smallest absolute Gasteiger partial charge is 1.00 e. The van der Waals surface area contributed by atoms with Crippen molar-refractivity contribution in [1.82, 2.24) is 5.32 Å². The fourth-order valence-corrected chi connectivity index (χ4v) is 2.97. The molecule has 0 aromatic carbocycles. The van der Waals surface area contributed by atoms with E-state index in [9.17, 15) is 0 Å². The van der Waals surface area contributed by atoms with E-state index in [-0.39, 0.29) is 31.0 Å². The second kappa shape index (κ2) is 24.2. The molecular weight excluding hydrogens is 277 g/mol. The van der Waals surface area contributed by atoms with E-state index in [0.29, 0.717) is 0 Å². The molecule has 0 rings (SSSR count). The van der Waals surface area contributed by atoms with Crippen LogP contribution in [0.2, 0.25) is 0 Å². The monoisotopic (exact) mass is 321 g/mol. The summed E-state index contributed by atoms with van der Waals surface area (Å²) in [5, 5.41) is 3.40. The van der Waals surface area contributed by atoms with Crippen LogP contribution in [0.25, 0.3) is 0 Å². The summed E-state index contributed by atoms with van der Waals surface area (Å²) in [5.74, 6) is 0. The molecule has 0 aliphatic heterocycles. The summed E-state index contributed by atoms with van der Waals surface area (Å²) in [6.45, 7) is 6.82. The quantitative estimate of drug-likeness (QED) is 0.297. The van der Waals surface area contributed by atoms with Gasteiger partial charge in [0, 0.05) is 0 Å². The fourth-order valence-electron chi connectivity index (χ4n) is 2.97. The molecule has 0 aromatic rings. The Kier molecular flexibility index (Phi) is 27.7. The van der Waals surface area contributed by atoms with Crippen molar-refractivity contribution in [1.29, 1.82) is 0 Å². The van der Waals surface area contributed by atoms with E-state index in [1.165, 1.54) is 109 Å². The van der Waals surface area contributed by atoms with Crippen LogP contribution in [-0.2, 0) is 0 Å². The normalized spacial score (nSPS) is 10.6. The van der Waals surface area contributed by atoms with Crippen LogP contribution in [0.15, 0.2) is 0 Å². The third kappa shape index (κ3) is 23.2. The van der Waals surface area contributed by atoms with Gasteiger partial charge in [0.15, 0.2) is 0 Å². The van der Waals surface area contributed by atoms with Gasteiger partial charge in [-0.15, -0.1) is 0 Å². The summed E-state index contributed by atoms with van der Waals surface area (Å²) in [5.41, 5.74) is 0. The SMILES string of the molecule is CCCCCCCCCCCCCCCCCCNCC.[H-].[Na+]. The van der Waals surface area contributed by atoms with Crippen molar-refractivity contribution in [2.24, 2.45) is 0 Å². The second-order valence-electron chi connectivity index (χ2n) is 6.66. The standard InChI is InChI=1S/C20H43N.Na.H/c1-3-5-6-7-8-9-10-11-12-13-14-15-16-17-18-19-20-21-4-2;;/h21H,3-20H2,1-2H3;;/q;+1;-1. The van der Waals surface area contributed by atoms with Gasteiger partial charge in [-0.3, -0.25) is 0 Å². The average Bonchev–Trinajstić information content (AvgIpc) is 2.50. The van der Waals surface area contributed by atoms with E-state index in [2.05, 4.69) is 19.2 Å². The predicted octanol–water partition coefficient (Wildman–Crippen LogP) is 3.97. The van der Waals surface area contributed by atoms with E-state index >= 15 is 0 Å². The zero-order valence-corrected chi connectivity index (χ0v) is 18.2. The molecule has 0 radical (unpaired) electrons. The van der Waals surface area contributed by atoms with Crippen molar-refractivity contribution in [2.75, 3.05) is 13.1 Å². The molecular formula is C20H44NNa. The molecule has 0 amide bonds. The summed E-state index contributed by atoms with van der Waals surface area (Å²) in [6.07, 6.45) is 23.3. The molecule has 0 saturated heterocycles. The van der Waals surface area contributed by atoms with Crippen LogP contribution >= 0.6 is 0 Å². The van der Waals surface area contributed by atoms with Gasteiger partial charge in [-0.2, -0.15) is 0 Å². The number of rotatable bonds is 18. The third-order valence-electron chi connectivity index (χ3n) is 4.46. The van der Waals surface area contributed by atoms with Crippen LogP contribution < -0.4 is 34.9 Å². The summed E-state index contributed by atoms with van der Waals surface area (Å²) in [4.78, 5) is 0. The van der Waals surface area contributed by atoms with Gasteiger partial charge in [-0.05, 0) is 19.5 Å². The Labute approximate surface area is 165 Å². The predicted molar refractivity (Wildman–Crippen MR) is 99.2 cm³/mol. The van der Waals surface area contributed by atoms with Crippen LogP contribution in [0.1, 0.15) is 118 Å². The molecule has 1 nitrogen and oxygen atoms in total. The Balaban J connectivity index is -0.00000200. The topological polar surface area (TPSA) is 12.0 Å². The zero-order chi connectivity index (χ0) is 15.4. The molecule has 2 heteroatoms. The summed E-state index contributed by atoms with van der Waals surface area (Å²) < 4.78 is 0. The number of hydrogen-bond donors (Lipinski definition) is 1. The minimum atomic E-state index is 0. The first-order valence-electron chi connectivity index (χ1n) is 10.1. The molecule has 0 fully saturated rings. The Bertz CT molecular complexity index is 161. The first kappa shape index (κ1) is 25.2. The van der Waals surface area contributed by atoms with Crippen molar-refractivity contribution >= 4 is 0 Å². The van der Waals surface area contributed by atoms with Crippen LogP contribution in [-0.4, -0.2) is 13.1 Å². The first-order chi connectivity index (χ1) is 10.4. The van der Waals surface area contributed by atoms with Gasteiger partial charge >= 0.3 is 29.6 Å². The number of unbranched alkanes of at least 4 members (excludes halogenated alkanes) is 15. The van der Waals surface area contributed by atoms with Gasteiger partial charge in [0.1, 0.15) is 0 Å². The molecule has 0 heterocycles. The van der Waals surface area contributed by atoms with Crippen LogP contribution in [0.4, 0.5) is 0 Å². The van der Waals surface area contributed by atoms with Crippen LogP contribution in [0, 0.1) is 0 Å². The first-order valence-corrected chi connectivity index (χ1v) is 10.1. The minimum absolute atomic E-state index is 0. The molecule has 0 unspecified atom stereocenters. The van der Waals surface area contributed by atoms with E-state index in [1.807, 2.05) is 0 Å². The molecule has 0 bridgehead atoms. The van der Waals surface area contributed by atoms with Gasteiger partial charge in [0.25, 0.3) is 0 Å². The molecule has 0 aliphatic carbocycles. The molecule has 0 aliphatic rings. The van der Waals surface area contributed by atoms with Gasteiger partial charge in [-0.25, -0.2) is 0 Å². The minimum Gasteiger partial charge on any atom is -1.00 e. The average molecular weight is 322 g/mol. The van der Waals surface area contributed by atoms with E-state index < -0.39 is 0 Å². The van der Waals surface area contributed by atoms with E-state index in [0.717, 1.165) is 6.54 Å². The van der Waals surface area contributed by atoms with Crippen molar-refractivity contribution in [3.8, 4) is 0 Å². The van der Waals surface area contributed by atoms with E-state index in [1.54, 1.807) is 0 Å². The van der Waals surface area contributed by atoms with Crippen LogP contribution in [0.5, 0.6) is 0 Å². The second-order valence-corrected chi connectivity index (χ2v) is 6.66. The van der Waals surface area contributed by atoms with Gasteiger partial charge < -0.3 is 6.74 Å². The molecule has 0 saturated carbocycles. The van der Waals surface area contributed by atoms with Gasteiger partial charge in [-0.1, -0.05) is 110 Å². The van der Waals surface area contributed by atoms with Crippen molar-refractivity contribution in [3.05, 3.63) is 0 Å². The Morgan fingerprint density at radius 3 is 1.14 bits per heavy atom. The summed E-state index contributed by atoms with van der Waals surface area (Å²) in [6, 6.07) is 0. The fraction of sp³-hybridized carbons (Fsp3) is 1.00. The Morgan fingerprint density at radius 1 is 0.500 bits per heavy atom. The molecule has 1 N–H and O–H groups in total. The molecule has 22 heavy (non-hydrogen) atoms. The van der Waals surface area contributed by atoms with Gasteiger partial charge in [0.2, 0.25) is 0 Å². The molecule has 0 aromatic heterocycles. The summed E-state index contributed by atoms with van der Waals surface area (Å²) >= 11 is 0. The maximum absolute atomic E-state index is 3.40. The molecule has 130 valence electrons. The van der Waals surface area contributed by atoms with Gasteiger partial charge in [0.05, 0.1) is 0 Å². The molecule has 0 spiro atoms. The van der Waals surface area contributed by atoms with Crippen molar-refractivity contribution < 1.29 is 31.0 Å².